The monoisotopic (exact) mass is 279 g/mol. The van der Waals surface area contributed by atoms with Crippen molar-refractivity contribution in [2.24, 2.45) is 0 Å². The molecule has 20 heavy (non-hydrogen) atoms. The number of carbonyl (C=O) groups is 2. The van der Waals surface area contributed by atoms with Crippen LogP contribution in [0.3, 0.4) is 0 Å². The second kappa shape index (κ2) is 5.50. The Hall–Kier alpha value is -2.08. The third-order valence-corrected chi connectivity index (χ3v) is 3.45. The van der Waals surface area contributed by atoms with Crippen molar-refractivity contribution in [3.05, 3.63) is 34.8 Å². The van der Waals surface area contributed by atoms with Gasteiger partial charge >= 0.3 is 5.97 Å². The highest BCUT2D eigenvalue weighted by atomic mass is 16.5. The Balaban J connectivity index is 2.60. The van der Waals surface area contributed by atoms with E-state index >= 15 is 0 Å². The number of ketones is 1. The van der Waals surface area contributed by atoms with Crippen molar-refractivity contribution in [3.63, 3.8) is 0 Å². The maximum Gasteiger partial charge on any atom is 0.334 e. The first-order valence-corrected chi connectivity index (χ1v) is 6.28. The number of rotatable bonds is 4. The number of likely N-dealkylation sites (N-methyl/N-ethyl adjacent to an activating group) is 1. The maximum absolute atomic E-state index is 12.4. The number of hydrogen-bond acceptors (Lipinski definition) is 5. The first-order chi connectivity index (χ1) is 9.53. The van der Waals surface area contributed by atoms with E-state index in [0.717, 1.165) is 0 Å². The highest BCUT2D eigenvalue weighted by Gasteiger charge is 2.38. The fourth-order valence-electron chi connectivity index (χ4n) is 2.42. The smallest absolute Gasteiger partial charge is 0.334 e. The zero-order chi connectivity index (χ0) is 14.9. The first kappa shape index (κ1) is 14.3. The quantitative estimate of drug-likeness (QED) is 0.817. The Morgan fingerprint density at radius 3 is 2.70 bits per heavy atom. The summed E-state index contributed by atoms with van der Waals surface area (Å²) < 4.78 is 10.3. The number of carboxylic acids is 1. The second-order valence-corrected chi connectivity index (χ2v) is 4.54. The number of allylic oxidation sites excluding steroid dienone is 2. The summed E-state index contributed by atoms with van der Waals surface area (Å²) >= 11 is 0. The summed E-state index contributed by atoms with van der Waals surface area (Å²) in [5.41, 5.74) is 0.878. The molecule has 1 unspecified atom stereocenters. The molecule has 2 aliphatic rings. The van der Waals surface area contributed by atoms with Crippen molar-refractivity contribution in [1.82, 2.24) is 4.90 Å². The second-order valence-electron chi connectivity index (χ2n) is 4.54. The van der Waals surface area contributed by atoms with Crippen LogP contribution in [0.5, 0.6) is 0 Å². The van der Waals surface area contributed by atoms with Gasteiger partial charge in [0.1, 0.15) is 5.76 Å². The number of ether oxygens (including phenoxy) is 2. The molecule has 2 rings (SSSR count). The van der Waals surface area contributed by atoms with Crippen molar-refractivity contribution in [2.75, 3.05) is 27.3 Å². The summed E-state index contributed by atoms with van der Waals surface area (Å²) in [7, 11) is 2.85. The number of carbonyl (C=O) groups excluding carboxylic acids is 1. The predicted molar refractivity (Wildman–Crippen MR) is 70.9 cm³/mol. The van der Waals surface area contributed by atoms with E-state index in [-0.39, 0.29) is 23.5 Å². The van der Waals surface area contributed by atoms with Crippen molar-refractivity contribution in [3.8, 4) is 0 Å². The number of carboxylic acid groups (broad SMARTS) is 1. The third-order valence-electron chi connectivity index (χ3n) is 3.45. The van der Waals surface area contributed by atoms with Crippen molar-refractivity contribution in [2.45, 2.75) is 13.0 Å². The molecule has 0 aromatic heterocycles. The van der Waals surface area contributed by atoms with E-state index in [9.17, 15) is 14.7 Å². The molecule has 1 aliphatic carbocycles. The van der Waals surface area contributed by atoms with Crippen LogP contribution >= 0.6 is 0 Å². The van der Waals surface area contributed by atoms with E-state index in [0.29, 0.717) is 17.9 Å². The van der Waals surface area contributed by atoms with Crippen LogP contribution in [0.1, 0.15) is 6.92 Å². The highest BCUT2D eigenvalue weighted by molar-refractivity contribution is 6.12. The molecular weight excluding hydrogens is 262 g/mol. The van der Waals surface area contributed by atoms with Crippen LogP contribution in [-0.4, -0.2) is 55.2 Å². The largest absolute Gasteiger partial charge is 0.498 e. The van der Waals surface area contributed by atoms with Gasteiger partial charge in [0.05, 0.1) is 19.2 Å². The minimum Gasteiger partial charge on any atom is -0.498 e. The maximum atomic E-state index is 12.4. The van der Waals surface area contributed by atoms with Gasteiger partial charge in [0.2, 0.25) is 5.78 Å². The molecule has 6 heteroatoms. The van der Waals surface area contributed by atoms with Gasteiger partial charge in [-0.05, 0) is 13.0 Å². The van der Waals surface area contributed by atoms with Crippen LogP contribution in [0.15, 0.2) is 34.8 Å². The lowest BCUT2D eigenvalue weighted by molar-refractivity contribution is -0.134. The lowest BCUT2D eigenvalue weighted by atomic mass is 9.85. The fourth-order valence-corrected chi connectivity index (χ4v) is 2.42. The fraction of sp³-hybridized carbons (Fsp3) is 0.429. The Morgan fingerprint density at radius 1 is 1.50 bits per heavy atom. The molecule has 0 radical (unpaired) electrons. The van der Waals surface area contributed by atoms with Crippen LogP contribution in [0.25, 0.3) is 0 Å². The lowest BCUT2D eigenvalue weighted by Gasteiger charge is -2.31. The van der Waals surface area contributed by atoms with E-state index in [1.54, 1.807) is 12.3 Å². The van der Waals surface area contributed by atoms with Gasteiger partial charge in [-0.15, -0.1) is 0 Å². The van der Waals surface area contributed by atoms with Crippen LogP contribution in [0.2, 0.25) is 0 Å². The van der Waals surface area contributed by atoms with Crippen molar-refractivity contribution in [1.29, 1.82) is 0 Å². The number of aliphatic carboxylic acids is 1. The van der Waals surface area contributed by atoms with Gasteiger partial charge in [-0.1, -0.05) is 0 Å². The van der Waals surface area contributed by atoms with Gasteiger partial charge < -0.3 is 19.5 Å². The average Bonchev–Trinajstić information content (AvgIpc) is 2.45. The van der Waals surface area contributed by atoms with Gasteiger partial charge in [-0.3, -0.25) is 4.79 Å². The number of hydrogen-bond donors (Lipinski definition) is 1. The summed E-state index contributed by atoms with van der Waals surface area (Å²) in [5, 5.41) is 9.33. The predicted octanol–water partition coefficient (Wildman–Crippen LogP) is 0.715. The van der Waals surface area contributed by atoms with E-state index in [1.165, 1.54) is 14.2 Å². The Morgan fingerprint density at radius 2 is 2.20 bits per heavy atom. The van der Waals surface area contributed by atoms with Crippen molar-refractivity contribution >= 4 is 11.8 Å². The molecule has 0 saturated heterocycles. The van der Waals surface area contributed by atoms with Gasteiger partial charge in [0.15, 0.2) is 6.10 Å². The molecule has 0 spiro atoms. The number of Topliss-reactive ketones (excluding diaryl/α,β-unsaturated/α-hetero) is 1. The van der Waals surface area contributed by atoms with E-state index in [1.807, 2.05) is 11.8 Å². The molecular formula is C14H17NO5. The molecule has 0 amide bonds. The molecule has 0 fully saturated rings. The summed E-state index contributed by atoms with van der Waals surface area (Å²) in [6.45, 7) is 2.79. The summed E-state index contributed by atoms with van der Waals surface area (Å²) in [6, 6.07) is 0. The molecule has 108 valence electrons. The summed E-state index contributed by atoms with van der Waals surface area (Å²) in [5.74, 6) is -1.07. The zero-order valence-electron chi connectivity index (χ0n) is 11.7. The van der Waals surface area contributed by atoms with Crippen LogP contribution in [0, 0.1) is 0 Å². The summed E-state index contributed by atoms with van der Waals surface area (Å²) in [6.07, 6.45) is 2.56. The lowest BCUT2D eigenvalue weighted by Crippen LogP contribution is -2.38. The van der Waals surface area contributed by atoms with E-state index < -0.39 is 12.1 Å². The van der Waals surface area contributed by atoms with Gasteiger partial charge in [-0.2, -0.15) is 0 Å². The SMILES string of the molecule is CCN1C=C2C=C(OC)C(OC)C(=O)C2=C(C(=O)O)C1. The molecule has 1 aliphatic heterocycles. The number of methoxy groups -OCH3 is 2. The highest BCUT2D eigenvalue weighted by Crippen LogP contribution is 2.33. The Labute approximate surface area is 117 Å². The Bertz CT molecular complexity index is 544. The minimum atomic E-state index is -1.08. The minimum absolute atomic E-state index is 0.0998. The summed E-state index contributed by atoms with van der Waals surface area (Å²) in [4.78, 5) is 25.7. The molecule has 0 aromatic rings. The van der Waals surface area contributed by atoms with Gasteiger partial charge in [0, 0.05) is 31.0 Å². The standard InChI is InChI=1S/C14H17NO5/c1-4-15-6-8-5-10(19-2)13(20-3)12(16)11(8)9(7-15)14(17)18/h5-6,13H,4,7H2,1-3H3,(H,17,18). The number of fused-ring (bicyclic) bond motifs is 1. The van der Waals surface area contributed by atoms with E-state index in [2.05, 4.69) is 0 Å². The van der Waals surface area contributed by atoms with Crippen LogP contribution < -0.4 is 0 Å². The zero-order valence-corrected chi connectivity index (χ0v) is 11.7. The van der Waals surface area contributed by atoms with E-state index in [4.69, 9.17) is 9.47 Å². The van der Waals surface area contributed by atoms with Gasteiger partial charge in [-0.25, -0.2) is 4.79 Å². The molecule has 0 saturated carbocycles. The molecule has 0 bridgehead atoms. The van der Waals surface area contributed by atoms with Crippen LogP contribution in [0.4, 0.5) is 0 Å². The molecule has 1 N–H and O–H groups in total. The van der Waals surface area contributed by atoms with Crippen LogP contribution in [-0.2, 0) is 19.1 Å². The molecule has 1 heterocycles. The molecule has 6 nitrogen and oxygen atoms in total. The Kier molecular flexibility index (Phi) is 3.94. The van der Waals surface area contributed by atoms with Gasteiger partial charge in [0.25, 0.3) is 0 Å². The topological polar surface area (TPSA) is 76.1 Å². The normalized spacial score (nSPS) is 22.2. The third kappa shape index (κ3) is 2.22. The molecule has 1 atom stereocenters. The number of nitrogens with zero attached hydrogens (tertiary/aromatic N) is 1. The van der Waals surface area contributed by atoms with Crippen molar-refractivity contribution < 1.29 is 24.2 Å². The molecule has 0 aromatic carbocycles. The average molecular weight is 279 g/mol. The first-order valence-electron chi connectivity index (χ1n) is 6.28.